The van der Waals surface area contributed by atoms with Crippen LogP contribution in [-0.4, -0.2) is 42.4 Å². The zero-order chi connectivity index (χ0) is 18.6. The van der Waals surface area contributed by atoms with Crippen molar-refractivity contribution in [3.05, 3.63) is 59.2 Å². The van der Waals surface area contributed by atoms with Crippen LogP contribution in [0.25, 0.3) is 6.08 Å². The highest BCUT2D eigenvalue weighted by atomic mass is 32.2. The topological polar surface area (TPSA) is 67.2 Å². The van der Waals surface area contributed by atoms with E-state index in [1.807, 2.05) is 16.8 Å². The number of benzene rings is 1. The SMILES string of the molecule is CS(=O)(=O)NCc1cc2n(n1)CCCN(C/C=C/c1ccc(F)cc1)C2. The summed E-state index contributed by atoms with van der Waals surface area (Å²) in [7, 11) is -3.23. The number of aromatic nitrogens is 2. The fourth-order valence-electron chi connectivity index (χ4n) is 2.95. The first-order valence-electron chi connectivity index (χ1n) is 8.54. The second-order valence-corrected chi connectivity index (χ2v) is 8.32. The summed E-state index contributed by atoms with van der Waals surface area (Å²) in [5.74, 6) is -0.232. The molecule has 26 heavy (non-hydrogen) atoms. The van der Waals surface area contributed by atoms with Gasteiger partial charge in [0.25, 0.3) is 0 Å². The molecule has 2 aromatic rings. The van der Waals surface area contributed by atoms with E-state index in [-0.39, 0.29) is 12.4 Å². The maximum atomic E-state index is 12.9. The minimum Gasteiger partial charge on any atom is -0.294 e. The Balaban J connectivity index is 1.60. The molecule has 1 aromatic carbocycles. The summed E-state index contributed by atoms with van der Waals surface area (Å²) >= 11 is 0. The average molecular weight is 378 g/mol. The Bertz CT molecular complexity index is 875. The van der Waals surface area contributed by atoms with Crippen LogP contribution in [0.4, 0.5) is 4.39 Å². The van der Waals surface area contributed by atoms with Crippen LogP contribution < -0.4 is 4.72 Å². The van der Waals surface area contributed by atoms with Gasteiger partial charge in [0.15, 0.2) is 0 Å². The molecule has 1 aliphatic heterocycles. The van der Waals surface area contributed by atoms with E-state index in [0.29, 0.717) is 0 Å². The number of rotatable bonds is 6. The van der Waals surface area contributed by atoms with E-state index in [1.165, 1.54) is 12.1 Å². The molecular weight excluding hydrogens is 355 g/mol. The predicted octanol–water partition coefficient (Wildman–Crippen LogP) is 1.99. The molecule has 3 rings (SSSR count). The van der Waals surface area contributed by atoms with E-state index >= 15 is 0 Å². The molecule has 1 aliphatic rings. The Hall–Kier alpha value is -2.03. The number of nitrogens with one attached hydrogen (secondary N) is 1. The summed E-state index contributed by atoms with van der Waals surface area (Å²) in [6, 6.07) is 8.38. The molecule has 0 fully saturated rings. The molecule has 1 N–H and O–H groups in total. The second kappa shape index (κ2) is 8.11. The summed E-state index contributed by atoms with van der Waals surface area (Å²) in [6.07, 6.45) is 6.19. The smallest absolute Gasteiger partial charge is 0.209 e. The van der Waals surface area contributed by atoms with E-state index in [4.69, 9.17) is 0 Å². The first-order valence-corrected chi connectivity index (χ1v) is 10.4. The molecule has 0 unspecified atom stereocenters. The largest absolute Gasteiger partial charge is 0.294 e. The van der Waals surface area contributed by atoms with Crippen molar-refractivity contribution in [3.63, 3.8) is 0 Å². The molecule has 1 aromatic heterocycles. The lowest BCUT2D eigenvalue weighted by atomic mass is 10.2. The van der Waals surface area contributed by atoms with Crippen LogP contribution in [0.3, 0.4) is 0 Å². The van der Waals surface area contributed by atoms with Gasteiger partial charge >= 0.3 is 0 Å². The Morgan fingerprint density at radius 1 is 1.27 bits per heavy atom. The van der Waals surface area contributed by atoms with E-state index in [1.54, 1.807) is 12.1 Å². The molecule has 0 amide bonds. The number of nitrogens with zero attached hydrogens (tertiary/aromatic N) is 3. The Labute approximate surface area is 153 Å². The van der Waals surface area contributed by atoms with Crippen molar-refractivity contribution in [1.82, 2.24) is 19.4 Å². The monoisotopic (exact) mass is 378 g/mol. The van der Waals surface area contributed by atoms with Crippen molar-refractivity contribution < 1.29 is 12.8 Å². The van der Waals surface area contributed by atoms with Gasteiger partial charge < -0.3 is 0 Å². The zero-order valence-corrected chi connectivity index (χ0v) is 15.5. The molecule has 0 aliphatic carbocycles. The van der Waals surface area contributed by atoms with Gasteiger partial charge in [0.1, 0.15) is 5.82 Å². The van der Waals surface area contributed by atoms with Gasteiger partial charge in [-0.05, 0) is 30.2 Å². The van der Waals surface area contributed by atoms with Crippen LogP contribution in [0.2, 0.25) is 0 Å². The molecule has 2 heterocycles. The summed E-state index contributed by atoms with van der Waals surface area (Å²) in [5.41, 5.74) is 2.79. The molecule has 0 spiro atoms. The van der Waals surface area contributed by atoms with E-state index in [9.17, 15) is 12.8 Å². The molecule has 140 valence electrons. The summed E-state index contributed by atoms with van der Waals surface area (Å²) in [6.45, 7) is 3.56. The number of aryl methyl sites for hydroxylation is 1. The lowest BCUT2D eigenvalue weighted by Gasteiger charge is -2.17. The van der Waals surface area contributed by atoms with Crippen LogP contribution in [-0.2, 0) is 29.7 Å². The quantitative estimate of drug-likeness (QED) is 0.835. The van der Waals surface area contributed by atoms with Crippen LogP contribution >= 0.6 is 0 Å². The molecule has 6 nitrogen and oxygen atoms in total. The van der Waals surface area contributed by atoms with Crippen molar-refractivity contribution >= 4 is 16.1 Å². The van der Waals surface area contributed by atoms with Gasteiger partial charge in [-0.1, -0.05) is 24.3 Å². The molecule has 0 radical (unpaired) electrons. The summed E-state index contributed by atoms with van der Waals surface area (Å²) in [4.78, 5) is 2.31. The van der Waals surface area contributed by atoms with Crippen LogP contribution in [0.15, 0.2) is 36.4 Å². The van der Waals surface area contributed by atoms with E-state index in [0.717, 1.165) is 55.8 Å². The second-order valence-electron chi connectivity index (χ2n) is 6.49. The predicted molar refractivity (Wildman–Crippen MR) is 99.2 cm³/mol. The molecule has 0 bridgehead atoms. The number of halogens is 1. The molecule has 0 saturated heterocycles. The summed E-state index contributed by atoms with van der Waals surface area (Å²) in [5, 5.41) is 4.49. The third-order valence-electron chi connectivity index (χ3n) is 4.20. The van der Waals surface area contributed by atoms with Crippen molar-refractivity contribution in [2.45, 2.75) is 26.1 Å². The van der Waals surface area contributed by atoms with E-state index < -0.39 is 10.0 Å². The third kappa shape index (κ3) is 5.48. The molecule has 0 atom stereocenters. The first kappa shape index (κ1) is 18.8. The molecule has 0 saturated carbocycles. The average Bonchev–Trinajstić information content (AvgIpc) is 2.86. The van der Waals surface area contributed by atoms with Gasteiger partial charge in [-0.15, -0.1) is 0 Å². The molecule has 8 heteroatoms. The highest BCUT2D eigenvalue weighted by Crippen LogP contribution is 2.14. The van der Waals surface area contributed by atoms with E-state index in [2.05, 4.69) is 20.8 Å². The number of hydrogen-bond donors (Lipinski definition) is 1. The standard InChI is InChI=1S/C18H23FN4O2S/c1-26(24,25)20-13-17-12-18-14-22(10-3-11-23(18)21-17)9-2-4-15-5-7-16(19)8-6-15/h2,4-8,12,20H,3,9-11,13-14H2,1H3/b4-2+. The third-order valence-corrected chi connectivity index (χ3v) is 4.87. The first-order chi connectivity index (χ1) is 12.4. The highest BCUT2D eigenvalue weighted by Gasteiger charge is 2.16. The lowest BCUT2D eigenvalue weighted by Crippen LogP contribution is -2.23. The van der Waals surface area contributed by atoms with Gasteiger partial charge in [-0.25, -0.2) is 17.5 Å². The van der Waals surface area contributed by atoms with Gasteiger partial charge in [-0.3, -0.25) is 9.58 Å². The normalized spacial score (nSPS) is 15.9. The highest BCUT2D eigenvalue weighted by molar-refractivity contribution is 7.88. The molecular formula is C18H23FN4O2S. The van der Waals surface area contributed by atoms with Crippen LogP contribution in [0.5, 0.6) is 0 Å². The Kier molecular flexibility index (Phi) is 5.85. The zero-order valence-electron chi connectivity index (χ0n) is 14.7. The van der Waals surface area contributed by atoms with Gasteiger partial charge in [-0.2, -0.15) is 5.10 Å². The van der Waals surface area contributed by atoms with Gasteiger partial charge in [0, 0.05) is 26.2 Å². The summed E-state index contributed by atoms with van der Waals surface area (Å²) < 4.78 is 39.8. The fraction of sp³-hybridized carbons (Fsp3) is 0.389. The fourth-order valence-corrected chi connectivity index (χ4v) is 3.36. The van der Waals surface area contributed by atoms with Crippen LogP contribution in [0.1, 0.15) is 23.4 Å². The van der Waals surface area contributed by atoms with Gasteiger partial charge in [0.2, 0.25) is 10.0 Å². The van der Waals surface area contributed by atoms with Crippen molar-refractivity contribution in [2.24, 2.45) is 0 Å². The minimum absolute atomic E-state index is 0.212. The van der Waals surface area contributed by atoms with Crippen molar-refractivity contribution in [2.75, 3.05) is 19.3 Å². The maximum absolute atomic E-state index is 12.9. The van der Waals surface area contributed by atoms with Crippen LogP contribution in [0, 0.1) is 5.82 Å². The minimum atomic E-state index is -3.23. The Morgan fingerprint density at radius 2 is 2.04 bits per heavy atom. The maximum Gasteiger partial charge on any atom is 0.209 e. The number of sulfonamides is 1. The lowest BCUT2D eigenvalue weighted by molar-refractivity contribution is 0.299. The van der Waals surface area contributed by atoms with Gasteiger partial charge in [0.05, 0.1) is 24.2 Å². The Morgan fingerprint density at radius 3 is 2.77 bits per heavy atom. The van der Waals surface area contributed by atoms with Crippen molar-refractivity contribution in [3.8, 4) is 0 Å². The number of fused-ring (bicyclic) bond motifs is 1. The van der Waals surface area contributed by atoms with Crippen molar-refractivity contribution in [1.29, 1.82) is 0 Å². The number of hydrogen-bond acceptors (Lipinski definition) is 4.